The fraction of sp³-hybridized carbons (Fsp3) is 0.488. The number of aromatic hydroxyl groups is 1. The molecule has 362 valence electrons. The van der Waals surface area contributed by atoms with Crippen molar-refractivity contribution >= 4 is 59.1 Å². The summed E-state index contributed by atoms with van der Waals surface area (Å²) in [4.78, 5) is 129. The summed E-state index contributed by atoms with van der Waals surface area (Å²) in [6.07, 6.45) is -3.25. The number of rotatable bonds is 28. The van der Waals surface area contributed by atoms with Gasteiger partial charge in [-0.2, -0.15) is 0 Å². The second-order valence-corrected chi connectivity index (χ2v) is 15.8. The number of hydrogen-bond acceptors (Lipinski definition) is 13. The molecule has 9 amide bonds. The molecule has 23 heteroatoms. The quantitative estimate of drug-likeness (QED) is 0.0396. The lowest BCUT2D eigenvalue weighted by atomic mass is 9.96. The molecular formula is C43H61N9O14. The third-order valence-electron chi connectivity index (χ3n) is 10.1. The number of aliphatic hydroxyl groups is 2. The van der Waals surface area contributed by atoms with E-state index in [1.807, 2.05) is 0 Å². The van der Waals surface area contributed by atoms with Gasteiger partial charge in [0.05, 0.1) is 25.6 Å². The Hall–Kier alpha value is -7.14. The average molecular weight is 928 g/mol. The topological polar surface area (TPSA) is 388 Å². The van der Waals surface area contributed by atoms with Gasteiger partial charge < -0.3 is 69.1 Å². The standard InChI is InChI=1S/C43H61N9O14/c1-5-22(2)36(52-38(61)24(4)46-34(57)17-23(3)54)43(66)50-31(18-25-9-7-6-8-10-25)40(63)47-28(15-16-35(58)59)39(62)51-32(21-53)42(65)49-30(19-26-11-13-27(55)14-12-26)41(64)48-29(37(45)60)20-33(44)56/h6-14,22-24,28-32,36,53-55H,5,15-21H2,1-4H3,(H2,44,56)(H2,45,60)(H,46,57)(H,47,63)(H,48,64)(H,49,65)(H,50,66)(H,51,62)(H,52,61)(H,58,59). The van der Waals surface area contributed by atoms with Crippen molar-refractivity contribution in [3.8, 4) is 5.75 Å². The first kappa shape index (κ1) is 55.0. The van der Waals surface area contributed by atoms with E-state index < -0.39 is 139 Å². The van der Waals surface area contributed by atoms with Crippen LogP contribution >= 0.6 is 0 Å². The second-order valence-electron chi connectivity index (χ2n) is 15.8. The lowest BCUT2D eigenvalue weighted by molar-refractivity contribution is -0.139. The van der Waals surface area contributed by atoms with Crippen LogP contribution < -0.4 is 48.7 Å². The SMILES string of the molecule is CCC(C)C(NC(=O)C(C)NC(=O)CC(C)O)C(=O)NC(Cc1ccccc1)C(=O)NC(CCC(=O)O)C(=O)NC(CO)C(=O)NC(Cc1ccc(O)cc1)C(=O)NC(CC(N)=O)C(N)=O. The maximum Gasteiger partial charge on any atom is 0.303 e. The van der Waals surface area contributed by atoms with Crippen molar-refractivity contribution in [2.45, 2.75) is 121 Å². The number of primary amides is 2. The van der Waals surface area contributed by atoms with Gasteiger partial charge in [-0.25, -0.2) is 0 Å². The number of aliphatic carboxylic acids is 1. The number of carboxylic acids is 1. The number of nitrogens with one attached hydrogen (secondary N) is 7. The highest BCUT2D eigenvalue weighted by Gasteiger charge is 2.35. The molecular weight excluding hydrogens is 867 g/mol. The number of carbonyl (C=O) groups is 10. The van der Waals surface area contributed by atoms with Crippen LogP contribution in [0.25, 0.3) is 0 Å². The van der Waals surface area contributed by atoms with E-state index in [1.165, 1.54) is 38.1 Å². The van der Waals surface area contributed by atoms with Gasteiger partial charge >= 0.3 is 5.97 Å². The smallest absolute Gasteiger partial charge is 0.303 e. The number of hydrogen-bond donors (Lipinski definition) is 13. The van der Waals surface area contributed by atoms with Gasteiger partial charge in [0.1, 0.15) is 48.0 Å². The van der Waals surface area contributed by atoms with Gasteiger partial charge in [0.15, 0.2) is 0 Å². The van der Waals surface area contributed by atoms with Crippen molar-refractivity contribution in [3.63, 3.8) is 0 Å². The van der Waals surface area contributed by atoms with Gasteiger partial charge in [0.25, 0.3) is 0 Å². The minimum Gasteiger partial charge on any atom is -0.508 e. The average Bonchev–Trinajstić information content (AvgIpc) is 3.25. The maximum atomic E-state index is 14.1. The molecule has 2 aromatic carbocycles. The van der Waals surface area contributed by atoms with E-state index in [2.05, 4.69) is 37.2 Å². The van der Waals surface area contributed by atoms with Crippen molar-refractivity contribution in [2.24, 2.45) is 17.4 Å². The van der Waals surface area contributed by atoms with Gasteiger partial charge in [-0.1, -0.05) is 62.7 Å². The van der Waals surface area contributed by atoms with Crippen LogP contribution in [0.15, 0.2) is 54.6 Å². The van der Waals surface area contributed by atoms with Gasteiger partial charge in [-0.05, 0) is 49.4 Å². The summed E-state index contributed by atoms with van der Waals surface area (Å²) >= 11 is 0. The molecule has 9 atom stereocenters. The molecule has 0 aliphatic heterocycles. The van der Waals surface area contributed by atoms with Crippen LogP contribution in [0.5, 0.6) is 5.75 Å². The zero-order valence-corrected chi connectivity index (χ0v) is 37.1. The summed E-state index contributed by atoms with van der Waals surface area (Å²) in [5.41, 5.74) is 11.4. The summed E-state index contributed by atoms with van der Waals surface area (Å²) in [6.45, 7) is 5.10. The molecule has 15 N–H and O–H groups in total. The summed E-state index contributed by atoms with van der Waals surface area (Å²) in [5, 5.41) is 55.9. The van der Waals surface area contributed by atoms with E-state index in [1.54, 1.807) is 44.2 Å². The molecule has 0 heterocycles. The highest BCUT2D eigenvalue weighted by Crippen LogP contribution is 2.14. The number of nitrogens with two attached hydrogens (primary N) is 2. The van der Waals surface area contributed by atoms with Crippen molar-refractivity contribution < 1.29 is 68.4 Å². The Morgan fingerprint density at radius 1 is 0.591 bits per heavy atom. The van der Waals surface area contributed by atoms with Crippen LogP contribution in [0.1, 0.15) is 70.9 Å². The molecule has 0 radical (unpaired) electrons. The Kier molecular flexibility index (Phi) is 22.7. The van der Waals surface area contributed by atoms with E-state index in [0.717, 1.165) is 0 Å². The van der Waals surface area contributed by atoms with Crippen molar-refractivity contribution in [2.75, 3.05) is 6.61 Å². The molecule has 0 aliphatic carbocycles. The largest absolute Gasteiger partial charge is 0.508 e. The lowest BCUT2D eigenvalue weighted by Crippen LogP contribution is -2.61. The van der Waals surface area contributed by atoms with Crippen LogP contribution in [0.3, 0.4) is 0 Å². The highest BCUT2D eigenvalue weighted by molar-refractivity contribution is 5.98. The Bertz CT molecular complexity index is 2020. The first-order chi connectivity index (χ1) is 31.0. The molecule has 23 nitrogen and oxygen atoms in total. The van der Waals surface area contributed by atoms with Gasteiger partial charge in [-0.3, -0.25) is 47.9 Å². The van der Waals surface area contributed by atoms with Crippen molar-refractivity contribution in [1.29, 1.82) is 0 Å². The summed E-state index contributed by atoms with van der Waals surface area (Å²) in [6, 6.07) is 3.23. The van der Waals surface area contributed by atoms with Gasteiger partial charge in [0, 0.05) is 19.3 Å². The van der Waals surface area contributed by atoms with E-state index in [4.69, 9.17) is 11.5 Å². The monoisotopic (exact) mass is 927 g/mol. The Balaban J connectivity index is 2.41. The molecule has 66 heavy (non-hydrogen) atoms. The van der Waals surface area contributed by atoms with E-state index >= 15 is 0 Å². The fourth-order valence-electron chi connectivity index (χ4n) is 6.26. The summed E-state index contributed by atoms with van der Waals surface area (Å²) in [5.74, 6) is -10.6. The van der Waals surface area contributed by atoms with Gasteiger partial charge in [0.2, 0.25) is 53.2 Å². The number of phenols is 1. The van der Waals surface area contributed by atoms with Crippen molar-refractivity contribution in [3.05, 3.63) is 65.7 Å². The number of carbonyl (C=O) groups excluding carboxylic acids is 9. The second kappa shape index (κ2) is 27.2. The minimum atomic E-state index is -1.84. The molecule has 2 aromatic rings. The zero-order chi connectivity index (χ0) is 49.7. The van der Waals surface area contributed by atoms with Crippen LogP contribution in [0.2, 0.25) is 0 Å². The predicted octanol–water partition coefficient (Wildman–Crippen LogP) is -3.37. The molecule has 0 saturated carbocycles. The number of phenolic OH excluding ortho intramolecular Hbond substituents is 1. The Morgan fingerprint density at radius 2 is 1.08 bits per heavy atom. The number of carboxylic acid groups (broad SMARTS) is 1. The molecule has 0 aromatic heterocycles. The van der Waals surface area contributed by atoms with Crippen LogP contribution in [0, 0.1) is 5.92 Å². The number of amides is 9. The number of benzene rings is 2. The van der Waals surface area contributed by atoms with Crippen molar-refractivity contribution in [1.82, 2.24) is 37.2 Å². The molecule has 9 unspecified atom stereocenters. The lowest BCUT2D eigenvalue weighted by Gasteiger charge is -2.29. The van der Waals surface area contributed by atoms with Crippen LogP contribution in [-0.2, 0) is 60.8 Å². The number of aliphatic hydroxyl groups excluding tert-OH is 2. The molecule has 0 aliphatic rings. The normalized spacial score (nSPS) is 15.0. The Labute approximate surface area is 380 Å². The molecule has 0 spiro atoms. The highest BCUT2D eigenvalue weighted by atomic mass is 16.4. The van der Waals surface area contributed by atoms with E-state index in [0.29, 0.717) is 17.5 Å². The molecule has 0 fully saturated rings. The maximum absolute atomic E-state index is 14.1. The third kappa shape index (κ3) is 19.3. The summed E-state index contributed by atoms with van der Waals surface area (Å²) < 4.78 is 0. The minimum absolute atomic E-state index is 0.122. The van der Waals surface area contributed by atoms with Crippen LogP contribution in [0.4, 0.5) is 0 Å². The summed E-state index contributed by atoms with van der Waals surface area (Å²) in [7, 11) is 0. The molecule has 0 bridgehead atoms. The fourth-order valence-corrected chi connectivity index (χ4v) is 6.26. The first-order valence-electron chi connectivity index (χ1n) is 21.1. The predicted molar refractivity (Wildman–Crippen MR) is 234 cm³/mol. The van der Waals surface area contributed by atoms with E-state index in [-0.39, 0.29) is 25.0 Å². The third-order valence-corrected chi connectivity index (χ3v) is 10.1. The van der Waals surface area contributed by atoms with Gasteiger partial charge in [-0.15, -0.1) is 0 Å². The van der Waals surface area contributed by atoms with E-state index in [9.17, 15) is 68.4 Å². The Morgan fingerprint density at radius 3 is 1.58 bits per heavy atom. The molecule has 2 rings (SSSR count). The molecule has 0 saturated heterocycles. The van der Waals surface area contributed by atoms with Crippen LogP contribution in [-0.4, -0.2) is 135 Å². The zero-order valence-electron chi connectivity index (χ0n) is 37.1. The first-order valence-corrected chi connectivity index (χ1v) is 21.1.